The number of fused-ring (bicyclic) bond motifs is 2. The first kappa shape index (κ1) is 12.9. The van der Waals surface area contributed by atoms with Crippen LogP contribution in [-0.4, -0.2) is 5.11 Å². The molecule has 0 saturated heterocycles. The Morgan fingerprint density at radius 2 is 2.00 bits per heavy atom. The molecule has 1 aliphatic carbocycles. The van der Waals surface area contributed by atoms with Crippen molar-refractivity contribution in [3.05, 3.63) is 70.4 Å². The van der Waals surface area contributed by atoms with Gasteiger partial charge in [-0.25, -0.2) is 0 Å². The van der Waals surface area contributed by atoms with Crippen LogP contribution in [0.3, 0.4) is 0 Å². The smallest absolute Gasteiger partial charge is 0.152 e. The van der Waals surface area contributed by atoms with Crippen molar-refractivity contribution in [3.8, 4) is 0 Å². The Bertz CT molecular complexity index is 806. The third kappa shape index (κ3) is 2.06. The summed E-state index contributed by atoms with van der Waals surface area (Å²) >= 11 is 6.14. The predicted molar refractivity (Wildman–Crippen MR) is 83.7 cm³/mol. The van der Waals surface area contributed by atoms with Gasteiger partial charge in [-0.1, -0.05) is 48.0 Å². The lowest BCUT2D eigenvalue weighted by molar-refractivity contribution is 0.121. The van der Waals surface area contributed by atoms with Gasteiger partial charge in [-0.15, -0.1) is 0 Å². The highest BCUT2D eigenvalue weighted by molar-refractivity contribution is 6.34. The minimum atomic E-state index is -0.628. The Hall–Kier alpha value is -1.77. The summed E-state index contributed by atoms with van der Waals surface area (Å²) in [6.07, 6.45) is 1.33. The van der Waals surface area contributed by atoms with Gasteiger partial charge in [-0.3, -0.25) is 0 Å². The maximum atomic E-state index is 10.7. The van der Waals surface area contributed by atoms with Gasteiger partial charge < -0.3 is 9.52 Å². The fourth-order valence-corrected chi connectivity index (χ4v) is 3.53. The molecular weight excluding hydrogens is 284 g/mol. The number of hydrogen-bond donors (Lipinski definition) is 1. The Kier molecular flexibility index (Phi) is 3.02. The molecule has 0 fully saturated rings. The molecule has 1 aromatic heterocycles. The molecule has 0 saturated carbocycles. The first-order valence-corrected chi connectivity index (χ1v) is 7.55. The Morgan fingerprint density at radius 3 is 2.86 bits per heavy atom. The summed E-state index contributed by atoms with van der Waals surface area (Å²) in [7, 11) is 0. The molecule has 0 spiro atoms. The van der Waals surface area contributed by atoms with Crippen LogP contribution < -0.4 is 0 Å². The van der Waals surface area contributed by atoms with Gasteiger partial charge in [0.25, 0.3) is 0 Å². The standard InChI is InChI=1S/C18H15ClO2/c19-15-7-3-5-12-10-16(21-18(12)15)17(20)14-9-8-11-4-1-2-6-13(11)14/h1-7,10,14,17,20H,8-9H2. The highest BCUT2D eigenvalue weighted by Gasteiger charge is 2.31. The number of aliphatic hydroxyl groups is 1. The van der Waals surface area contributed by atoms with Gasteiger partial charge in [-0.05, 0) is 36.1 Å². The summed E-state index contributed by atoms with van der Waals surface area (Å²) in [6.45, 7) is 0. The van der Waals surface area contributed by atoms with E-state index < -0.39 is 6.10 Å². The molecule has 2 unspecified atom stereocenters. The lowest BCUT2D eigenvalue weighted by atomic mass is 9.94. The first-order valence-electron chi connectivity index (χ1n) is 7.18. The number of hydrogen-bond acceptors (Lipinski definition) is 2. The number of aryl methyl sites for hydroxylation is 1. The second kappa shape index (κ2) is 4.90. The zero-order valence-electron chi connectivity index (χ0n) is 11.4. The molecule has 0 bridgehead atoms. The van der Waals surface area contributed by atoms with Gasteiger partial charge in [0, 0.05) is 11.3 Å². The SMILES string of the molecule is OC(c1cc2cccc(Cl)c2o1)C1CCc2ccccc21. The molecule has 3 heteroatoms. The third-order valence-corrected chi connectivity index (χ3v) is 4.66. The average molecular weight is 299 g/mol. The maximum absolute atomic E-state index is 10.7. The lowest BCUT2D eigenvalue weighted by Crippen LogP contribution is -2.07. The molecule has 0 radical (unpaired) electrons. The molecule has 2 atom stereocenters. The summed E-state index contributed by atoms with van der Waals surface area (Å²) in [5.74, 6) is 0.695. The zero-order chi connectivity index (χ0) is 14.4. The fraction of sp³-hybridized carbons (Fsp3) is 0.222. The normalized spacial score (nSPS) is 18.9. The van der Waals surface area contributed by atoms with E-state index in [1.807, 2.05) is 24.3 Å². The van der Waals surface area contributed by atoms with Crippen LogP contribution in [0.4, 0.5) is 0 Å². The van der Waals surface area contributed by atoms with Crippen molar-refractivity contribution in [2.75, 3.05) is 0 Å². The van der Waals surface area contributed by atoms with E-state index in [0.717, 1.165) is 18.2 Å². The largest absolute Gasteiger partial charge is 0.457 e. The van der Waals surface area contributed by atoms with Crippen LogP contribution in [-0.2, 0) is 6.42 Å². The maximum Gasteiger partial charge on any atom is 0.152 e. The average Bonchev–Trinajstić information content (AvgIpc) is 3.11. The van der Waals surface area contributed by atoms with Crippen molar-refractivity contribution in [3.63, 3.8) is 0 Å². The molecule has 1 aliphatic rings. The van der Waals surface area contributed by atoms with Crippen molar-refractivity contribution in [2.45, 2.75) is 24.9 Å². The van der Waals surface area contributed by atoms with E-state index in [9.17, 15) is 5.11 Å². The highest BCUT2D eigenvalue weighted by atomic mass is 35.5. The van der Waals surface area contributed by atoms with Crippen LogP contribution in [0.5, 0.6) is 0 Å². The van der Waals surface area contributed by atoms with Gasteiger partial charge in [-0.2, -0.15) is 0 Å². The van der Waals surface area contributed by atoms with Crippen molar-refractivity contribution < 1.29 is 9.52 Å². The highest BCUT2D eigenvalue weighted by Crippen LogP contribution is 2.43. The van der Waals surface area contributed by atoms with E-state index in [1.54, 1.807) is 6.07 Å². The molecule has 2 nitrogen and oxygen atoms in total. The minimum Gasteiger partial charge on any atom is -0.457 e. The molecule has 0 amide bonds. The molecule has 21 heavy (non-hydrogen) atoms. The van der Waals surface area contributed by atoms with Crippen LogP contribution in [0.25, 0.3) is 11.0 Å². The van der Waals surface area contributed by atoms with E-state index in [2.05, 4.69) is 18.2 Å². The van der Waals surface area contributed by atoms with Crippen LogP contribution in [0.2, 0.25) is 5.02 Å². The number of furan rings is 1. The molecule has 1 N–H and O–H groups in total. The Labute approximate surface area is 128 Å². The molecular formula is C18H15ClO2. The number of aliphatic hydroxyl groups excluding tert-OH is 1. The number of para-hydroxylation sites is 1. The Morgan fingerprint density at radius 1 is 1.14 bits per heavy atom. The van der Waals surface area contributed by atoms with Crippen LogP contribution >= 0.6 is 11.6 Å². The van der Waals surface area contributed by atoms with Crippen molar-refractivity contribution in [1.82, 2.24) is 0 Å². The number of rotatable bonds is 2. The molecule has 2 aromatic carbocycles. The fourth-order valence-electron chi connectivity index (χ4n) is 3.31. The summed E-state index contributed by atoms with van der Waals surface area (Å²) in [5, 5.41) is 12.2. The van der Waals surface area contributed by atoms with Crippen LogP contribution in [0.1, 0.15) is 35.3 Å². The monoisotopic (exact) mass is 298 g/mol. The topological polar surface area (TPSA) is 33.4 Å². The van der Waals surface area contributed by atoms with Gasteiger partial charge in [0.05, 0.1) is 5.02 Å². The van der Waals surface area contributed by atoms with E-state index in [1.165, 1.54) is 11.1 Å². The quantitative estimate of drug-likeness (QED) is 0.733. The van der Waals surface area contributed by atoms with E-state index in [0.29, 0.717) is 16.4 Å². The predicted octanol–water partition coefficient (Wildman–Crippen LogP) is 4.85. The first-order chi connectivity index (χ1) is 10.2. The molecule has 4 rings (SSSR count). The zero-order valence-corrected chi connectivity index (χ0v) is 12.2. The Balaban J connectivity index is 1.74. The summed E-state index contributed by atoms with van der Waals surface area (Å²) in [6, 6.07) is 15.9. The van der Waals surface area contributed by atoms with Crippen molar-refractivity contribution >= 4 is 22.6 Å². The minimum absolute atomic E-state index is 0.0977. The van der Waals surface area contributed by atoms with Gasteiger partial charge >= 0.3 is 0 Å². The second-order valence-electron chi connectivity index (χ2n) is 5.60. The molecule has 3 aromatic rings. The molecule has 1 heterocycles. The van der Waals surface area contributed by atoms with Gasteiger partial charge in [0.15, 0.2) is 5.58 Å². The van der Waals surface area contributed by atoms with Crippen molar-refractivity contribution in [1.29, 1.82) is 0 Å². The third-order valence-electron chi connectivity index (χ3n) is 4.37. The van der Waals surface area contributed by atoms with Gasteiger partial charge in [0.1, 0.15) is 11.9 Å². The van der Waals surface area contributed by atoms with Gasteiger partial charge in [0.2, 0.25) is 0 Å². The summed E-state index contributed by atoms with van der Waals surface area (Å²) in [4.78, 5) is 0. The summed E-state index contributed by atoms with van der Waals surface area (Å²) in [5.41, 5.74) is 3.21. The summed E-state index contributed by atoms with van der Waals surface area (Å²) < 4.78 is 5.81. The molecule has 106 valence electrons. The lowest BCUT2D eigenvalue weighted by Gasteiger charge is -2.17. The number of halogens is 1. The second-order valence-corrected chi connectivity index (χ2v) is 6.00. The van der Waals surface area contributed by atoms with Crippen LogP contribution in [0, 0.1) is 0 Å². The van der Waals surface area contributed by atoms with E-state index in [4.69, 9.17) is 16.0 Å². The van der Waals surface area contributed by atoms with Crippen molar-refractivity contribution in [2.24, 2.45) is 0 Å². The molecule has 0 aliphatic heterocycles. The van der Waals surface area contributed by atoms with E-state index >= 15 is 0 Å². The van der Waals surface area contributed by atoms with Crippen LogP contribution in [0.15, 0.2) is 52.9 Å². The van der Waals surface area contributed by atoms with E-state index in [-0.39, 0.29) is 5.92 Å². The number of benzene rings is 2.